The van der Waals surface area contributed by atoms with Crippen molar-refractivity contribution < 1.29 is 23.2 Å². The Kier molecular flexibility index (Phi) is 10.3. The number of hydrogen-bond acceptors (Lipinski definition) is 7. The molecule has 1 amide bonds. The van der Waals surface area contributed by atoms with Crippen molar-refractivity contribution in [2.75, 3.05) is 12.4 Å². The summed E-state index contributed by atoms with van der Waals surface area (Å²) in [6, 6.07) is 17.8. The summed E-state index contributed by atoms with van der Waals surface area (Å²) in [4.78, 5) is 16.8. The molecule has 3 rings (SSSR count). The number of ether oxygens (including phenoxy) is 1. The van der Waals surface area contributed by atoms with Crippen LogP contribution in [0.5, 0.6) is 5.75 Å². The number of thioether (sulfide) groups is 1. The summed E-state index contributed by atoms with van der Waals surface area (Å²) in [6.07, 6.45) is 3.12. The zero-order chi connectivity index (χ0) is 25.8. The minimum absolute atomic E-state index is 0.0101. The molecular weight excluding hydrogens is 498 g/mol. The van der Waals surface area contributed by atoms with Crippen LogP contribution in [0.4, 0.5) is 0 Å². The monoisotopic (exact) mass is 525 g/mol. The molecule has 0 aliphatic rings. The average molecular weight is 526 g/mol. The topological polar surface area (TPSA) is 109 Å². The Labute approximate surface area is 215 Å². The highest BCUT2D eigenvalue weighted by atomic mass is 32.2. The van der Waals surface area contributed by atoms with Crippen LogP contribution in [0.1, 0.15) is 18.1 Å². The summed E-state index contributed by atoms with van der Waals surface area (Å²) in [5.41, 5.74) is 3.27. The lowest BCUT2D eigenvalue weighted by Gasteiger charge is -2.29. The summed E-state index contributed by atoms with van der Waals surface area (Å²) >= 11 is 1.40. The van der Waals surface area contributed by atoms with Crippen LogP contribution in [0.25, 0.3) is 0 Å². The normalized spacial score (nSPS) is 11.9. The Bertz CT molecular complexity index is 1280. The number of rotatable bonds is 12. The van der Waals surface area contributed by atoms with Gasteiger partial charge in [0.2, 0.25) is 10.0 Å². The second-order valence-electron chi connectivity index (χ2n) is 7.59. The van der Waals surface area contributed by atoms with Gasteiger partial charge in [-0.15, -0.1) is 5.92 Å². The Morgan fingerprint density at radius 1 is 1.11 bits per heavy atom. The van der Waals surface area contributed by atoms with Gasteiger partial charge in [-0.05, 0) is 48.4 Å². The van der Waals surface area contributed by atoms with Crippen LogP contribution in [-0.4, -0.2) is 47.2 Å². The maximum atomic E-state index is 13.8. The van der Waals surface area contributed by atoms with Crippen LogP contribution < -0.4 is 10.2 Å². The van der Waals surface area contributed by atoms with E-state index in [2.05, 4.69) is 16.8 Å². The van der Waals surface area contributed by atoms with E-state index in [1.54, 1.807) is 36.9 Å². The number of nitrogens with zero attached hydrogens (tertiary/aromatic N) is 2. The first-order valence-electron chi connectivity index (χ1n) is 11.0. The van der Waals surface area contributed by atoms with Gasteiger partial charge in [-0.1, -0.05) is 42.3 Å². The van der Waals surface area contributed by atoms with E-state index in [1.807, 2.05) is 30.3 Å². The molecule has 0 radical (unpaired) electrons. The SMILES string of the molecule is CC#CCOc1ccc(S(=O)(=O)N(Cc2cccnc2)C(CSCc2ccccc2)C(=O)NO)cc1. The van der Waals surface area contributed by atoms with E-state index in [0.717, 1.165) is 9.87 Å². The van der Waals surface area contributed by atoms with E-state index >= 15 is 0 Å². The van der Waals surface area contributed by atoms with E-state index < -0.39 is 22.0 Å². The van der Waals surface area contributed by atoms with Gasteiger partial charge in [0.1, 0.15) is 18.4 Å². The first kappa shape index (κ1) is 27.2. The van der Waals surface area contributed by atoms with Gasteiger partial charge < -0.3 is 4.74 Å². The van der Waals surface area contributed by atoms with Crippen molar-refractivity contribution in [3.8, 4) is 17.6 Å². The standard InChI is InChI=1S/C26H27N3O5S2/c1-2-3-16-34-23-11-13-24(14-12-23)36(32,33)29(18-22-10-7-15-27-17-22)25(26(30)28-31)20-35-19-21-8-5-4-6-9-21/h4-15,17,25,31H,16,18-20H2,1H3,(H,28,30). The summed E-state index contributed by atoms with van der Waals surface area (Å²) < 4.78 is 34.1. The quantitative estimate of drug-likeness (QED) is 0.212. The number of carbonyl (C=O) groups is 1. The van der Waals surface area contributed by atoms with Gasteiger partial charge in [0.15, 0.2) is 0 Å². The van der Waals surface area contributed by atoms with Crippen molar-refractivity contribution in [1.82, 2.24) is 14.8 Å². The molecule has 1 unspecified atom stereocenters. The Morgan fingerprint density at radius 2 is 1.83 bits per heavy atom. The number of nitrogens with one attached hydrogen (secondary N) is 1. The van der Waals surface area contributed by atoms with Gasteiger partial charge in [-0.2, -0.15) is 16.1 Å². The van der Waals surface area contributed by atoms with Gasteiger partial charge in [0, 0.05) is 30.4 Å². The molecule has 1 atom stereocenters. The Hall–Kier alpha value is -3.36. The van der Waals surface area contributed by atoms with E-state index in [0.29, 0.717) is 17.1 Å². The fraction of sp³-hybridized carbons (Fsp3) is 0.231. The van der Waals surface area contributed by atoms with Crippen molar-refractivity contribution in [2.45, 2.75) is 30.2 Å². The summed E-state index contributed by atoms with van der Waals surface area (Å²) in [6.45, 7) is 1.78. The lowest BCUT2D eigenvalue weighted by atomic mass is 10.2. The molecule has 1 aromatic heterocycles. The number of pyridine rings is 1. The second kappa shape index (κ2) is 13.7. The highest BCUT2D eigenvalue weighted by Crippen LogP contribution is 2.26. The van der Waals surface area contributed by atoms with Crippen LogP contribution in [0, 0.1) is 11.8 Å². The summed E-state index contributed by atoms with van der Waals surface area (Å²) in [5.74, 6) is 5.85. The zero-order valence-corrected chi connectivity index (χ0v) is 21.3. The third kappa shape index (κ3) is 7.57. The molecule has 3 aromatic rings. The number of hydrogen-bond donors (Lipinski definition) is 2. The zero-order valence-electron chi connectivity index (χ0n) is 19.7. The summed E-state index contributed by atoms with van der Waals surface area (Å²) in [7, 11) is -4.15. The van der Waals surface area contributed by atoms with E-state index in [-0.39, 0.29) is 23.8 Å². The van der Waals surface area contributed by atoms with E-state index in [9.17, 15) is 18.4 Å². The first-order chi connectivity index (χ1) is 17.5. The van der Waals surface area contributed by atoms with Gasteiger partial charge >= 0.3 is 0 Å². The minimum atomic E-state index is -4.15. The molecule has 0 saturated carbocycles. The van der Waals surface area contributed by atoms with Crippen LogP contribution in [0.2, 0.25) is 0 Å². The largest absolute Gasteiger partial charge is 0.481 e. The van der Waals surface area contributed by atoms with Crippen molar-refractivity contribution in [2.24, 2.45) is 0 Å². The summed E-state index contributed by atoms with van der Waals surface area (Å²) in [5, 5.41) is 9.44. The van der Waals surface area contributed by atoms with Crippen molar-refractivity contribution in [1.29, 1.82) is 0 Å². The molecule has 0 aliphatic carbocycles. The van der Waals surface area contributed by atoms with E-state index in [4.69, 9.17) is 4.74 Å². The van der Waals surface area contributed by atoms with Crippen molar-refractivity contribution in [3.05, 3.63) is 90.3 Å². The fourth-order valence-corrected chi connectivity index (χ4v) is 6.07. The van der Waals surface area contributed by atoms with Gasteiger partial charge in [-0.25, -0.2) is 13.9 Å². The minimum Gasteiger partial charge on any atom is -0.481 e. The lowest BCUT2D eigenvalue weighted by Crippen LogP contribution is -2.50. The lowest BCUT2D eigenvalue weighted by molar-refractivity contribution is -0.132. The van der Waals surface area contributed by atoms with Gasteiger partial charge in [-0.3, -0.25) is 15.0 Å². The maximum absolute atomic E-state index is 13.8. The fourth-order valence-electron chi connectivity index (χ4n) is 3.30. The smallest absolute Gasteiger partial charge is 0.262 e. The molecule has 8 nitrogen and oxygen atoms in total. The van der Waals surface area contributed by atoms with Crippen molar-refractivity contribution in [3.63, 3.8) is 0 Å². The first-order valence-corrected chi connectivity index (χ1v) is 13.6. The highest BCUT2D eigenvalue weighted by molar-refractivity contribution is 7.98. The predicted octanol–water partition coefficient (Wildman–Crippen LogP) is 3.48. The molecule has 10 heteroatoms. The molecule has 0 aliphatic heterocycles. The second-order valence-corrected chi connectivity index (χ2v) is 10.5. The number of benzene rings is 2. The number of amides is 1. The average Bonchev–Trinajstić information content (AvgIpc) is 2.91. The molecule has 2 N–H and O–H groups in total. The Balaban J connectivity index is 1.90. The van der Waals surface area contributed by atoms with Crippen LogP contribution >= 0.6 is 11.8 Å². The third-order valence-corrected chi connectivity index (χ3v) is 8.08. The predicted molar refractivity (Wildman–Crippen MR) is 139 cm³/mol. The van der Waals surface area contributed by atoms with Crippen LogP contribution in [0.15, 0.2) is 84.0 Å². The third-order valence-electron chi connectivity index (χ3n) is 5.13. The molecule has 1 heterocycles. The Morgan fingerprint density at radius 3 is 2.47 bits per heavy atom. The molecule has 0 bridgehead atoms. The van der Waals surface area contributed by atoms with Crippen molar-refractivity contribution >= 4 is 27.7 Å². The number of aromatic nitrogens is 1. The van der Waals surface area contributed by atoms with Gasteiger partial charge in [0.25, 0.3) is 5.91 Å². The maximum Gasteiger partial charge on any atom is 0.262 e. The number of carbonyl (C=O) groups excluding carboxylic acids is 1. The molecule has 36 heavy (non-hydrogen) atoms. The van der Waals surface area contributed by atoms with Crippen LogP contribution in [-0.2, 0) is 27.1 Å². The van der Waals surface area contributed by atoms with E-state index in [1.165, 1.54) is 36.0 Å². The molecule has 0 saturated heterocycles. The number of sulfonamides is 1. The molecule has 188 valence electrons. The molecular formula is C26H27N3O5S2. The molecule has 0 fully saturated rings. The highest BCUT2D eigenvalue weighted by Gasteiger charge is 2.36. The molecule has 2 aromatic carbocycles. The van der Waals surface area contributed by atoms with Crippen LogP contribution in [0.3, 0.4) is 0 Å². The van der Waals surface area contributed by atoms with Gasteiger partial charge in [0.05, 0.1) is 4.90 Å². The number of hydroxylamine groups is 1. The molecule has 0 spiro atoms.